The number of hydrogen-bond donors (Lipinski definition) is 3. The molecule has 0 bridgehead atoms. The van der Waals surface area contributed by atoms with Crippen LogP contribution in [0.3, 0.4) is 0 Å². The molecule has 1 saturated carbocycles. The summed E-state index contributed by atoms with van der Waals surface area (Å²) in [6.07, 6.45) is 5.62. The van der Waals surface area contributed by atoms with Crippen molar-refractivity contribution in [2.45, 2.75) is 38.6 Å². The largest absolute Gasteiger partial charge is 0.384 e. The lowest BCUT2D eigenvalue weighted by atomic mass is 9.86. The van der Waals surface area contributed by atoms with Crippen molar-refractivity contribution in [3.8, 4) is 0 Å². The van der Waals surface area contributed by atoms with Crippen molar-refractivity contribution in [3.05, 3.63) is 52.1 Å². The SMILES string of the molecule is CC(=O)Nc1ccc(NCC2CCC(NC(=O)c3cc(Cl)ccc3Cl)CC2)cn1. The monoisotopic (exact) mass is 434 g/mol. The normalized spacial score (nSPS) is 18.7. The minimum Gasteiger partial charge on any atom is -0.384 e. The minimum atomic E-state index is -0.176. The van der Waals surface area contributed by atoms with Crippen LogP contribution in [0.15, 0.2) is 36.5 Å². The highest BCUT2D eigenvalue weighted by molar-refractivity contribution is 6.35. The van der Waals surface area contributed by atoms with Crippen molar-refractivity contribution in [1.82, 2.24) is 10.3 Å². The summed E-state index contributed by atoms with van der Waals surface area (Å²) >= 11 is 12.1. The molecule has 3 rings (SSSR count). The van der Waals surface area contributed by atoms with Crippen molar-refractivity contribution in [1.29, 1.82) is 0 Å². The topological polar surface area (TPSA) is 83.1 Å². The van der Waals surface area contributed by atoms with E-state index in [-0.39, 0.29) is 17.9 Å². The highest BCUT2D eigenvalue weighted by Crippen LogP contribution is 2.26. The predicted molar refractivity (Wildman–Crippen MR) is 117 cm³/mol. The van der Waals surface area contributed by atoms with E-state index in [0.29, 0.717) is 27.3 Å². The van der Waals surface area contributed by atoms with Gasteiger partial charge < -0.3 is 16.0 Å². The smallest absolute Gasteiger partial charge is 0.253 e. The molecule has 0 aliphatic heterocycles. The van der Waals surface area contributed by atoms with Gasteiger partial charge in [-0.25, -0.2) is 4.98 Å². The van der Waals surface area contributed by atoms with Gasteiger partial charge >= 0.3 is 0 Å². The number of aromatic nitrogens is 1. The van der Waals surface area contributed by atoms with Crippen LogP contribution in [-0.4, -0.2) is 29.4 Å². The van der Waals surface area contributed by atoms with Gasteiger partial charge in [0, 0.05) is 24.5 Å². The summed E-state index contributed by atoms with van der Waals surface area (Å²) in [5.41, 5.74) is 1.34. The molecule has 2 aromatic rings. The Morgan fingerprint density at radius 2 is 1.86 bits per heavy atom. The molecule has 1 aliphatic carbocycles. The van der Waals surface area contributed by atoms with E-state index in [1.165, 1.54) is 6.92 Å². The number of anilines is 2. The average Bonchev–Trinajstić information content (AvgIpc) is 2.70. The molecular weight excluding hydrogens is 411 g/mol. The molecule has 0 radical (unpaired) electrons. The van der Waals surface area contributed by atoms with Crippen LogP contribution in [0.25, 0.3) is 0 Å². The Bertz CT molecular complexity index is 865. The van der Waals surface area contributed by atoms with Crippen LogP contribution in [0, 0.1) is 5.92 Å². The minimum absolute atomic E-state index is 0.139. The van der Waals surface area contributed by atoms with Gasteiger partial charge in [0.1, 0.15) is 5.82 Å². The Balaban J connectivity index is 1.43. The second kappa shape index (κ2) is 9.94. The Hall–Kier alpha value is -2.31. The molecule has 0 saturated heterocycles. The van der Waals surface area contributed by atoms with Gasteiger partial charge in [-0.3, -0.25) is 9.59 Å². The van der Waals surface area contributed by atoms with Crippen LogP contribution >= 0.6 is 23.2 Å². The number of pyridine rings is 1. The number of benzene rings is 1. The fraction of sp³-hybridized carbons (Fsp3) is 0.381. The summed E-state index contributed by atoms with van der Waals surface area (Å²) in [5.74, 6) is 0.760. The summed E-state index contributed by atoms with van der Waals surface area (Å²) in [5, 5.41) is 10.0. The molecule has 0 atom stereocenters. The van der Waals surface area contributed by atoms with Gasteiger partial charge in [0.25, 0.3) is 5.91 Å². The fourth-order valence-electron chi connectivity index (χ4n) is 3.46. The second-order valence-corrected chi connectivity index (χ2v) is 8.15. The lowest BCUT2D eigenvalue weighted by molar-refractivity contribution is -0.114. The number of carbonyl (C=O) groups excluding carboxylic acids is 2. The number of halogens is 2. The summed E-state index contributed by atoms with van der Waals surface area (Å²) in [6.45, 7) is 2.30. The summed E-state index contributed by atoms with van der Waals surface area (Å²) in [4.78, 5) is 27.7. The fourth-order valence-corrected chi connectivity index (χ4v) is 3.84. The molecule has 1 heterocycles. The molecule has 3 N–H and O–H groups in total. The van der Waals surface area contributed by atoms with Gasteiger partial charge in [-0.05, 0) is 61.9 Å². The predicted octanol–water partition coefficient (Wildman–Crippen LogP) is 4.75. The summed E-state index contributed by atoms with van der Waals surface area (Å²) < 4.78 is 0. The van der Waals surface area contributed by atoms with E-state index >= 15 is 0 Å². The molecule has 0 unspecified atom stereocenters. The number of amides is 2. The van der Waals surface area contributed by atoms with Gasteiger partial charge in [0.05, 0.1) is 22.5 Å². The maximum Gasteiger partial charge on any atom is 0.253 e. The van der Waals surface area contributed by atoms with Crippen LogP contribution in [0.2, 0.25) is 10.0 Å². The van der Waals surface area contributed by atoms with Crippen molar-refractivity contribution in [2.75, 3.05) is 17.2 Å². The summed E-state index contributed by atoms with van der Waals surface area (Å²) in [6, 6.07) is 8.73. The lowest BCUT2D eigenvalue weighted by Crippen LogP contribution is -2.38. The van der Waals surface area contributed by atoms with Crippen LogP contribution in [0.4, 0.5) is 11.5 Å². The van der Waals surface area contributed by atoms with E-state index < -0.39 is 0 Å². The van der Waals surface area contributed by atoms with E-state index in [1.807, 2.05) is 6.07 Å². The highest BCUT2D eigenvalue weighted by atomic mass is 35.5. The number of nitrogens with one attached hydrogen (secondary N) is 3. The van der Waals surface area contributed by atoms with Gasteiger partial charge in [0.2, 0.25) is 5.91 Å². The molecule has 0 spiro atoms. The maximum absolute atomic E-state index is 12.5. The number of nitrogens with zero attached hydrogens (tertiary/aromatic N) is 1. The van der Waals surface area contributed by atoms with Crippen molar-refractivity contribution < 1.29 is 9.59 Å². The first-order valence-corrected chi connectivity index (χ1v) is 10.4. The first kappa shape index (κ1) is 21.4. The molecule has 1 aromatic heterocycles. The maximum atomic E-state index is 12.5. The van der Waals surface area contributed by atoms with Gasteiger partial charge in [-0.2, -0.15) is 0 Å². The molecule has 1 aliphatic rings. The Labute approximate surface area is 180 Å². The van der Waals surface area contributed by atoms with Crippen LogP contribution in [0.1, 0.15) is 43.0 Å². The zero-order valence-corrected chi connectivity index (χ0v) is 17.7. The van der Waals surface area contributed by atoms with Gasteiger partial charge in [-0.1, -0.05) is 23.2 Å². The molecule has 29 heavy (non-hydrogen) atoms. The van der Waals surface area contributed by atoms with E-state index in [2.05, 4.69) is 20.9 Å². The molecule has 1 aromatic carbocycles. The van der Waals surface area contributed by atoms with Crippen LogP contribution < -0.4 is 16.0 Å². The molecule has 154 valence electrons. The lowest BCUT2D eigenvalue weighted by Gasteiger charge is -2.29. The van der Waals surface area contributed by atoms with Crippen molar-refractivity contribution in [2.24, 2.45) is 5.92 Å². The molecule has 8 heteroatoms. The molecular formula is C21H24Cl2N4O2. The zero-order valence-electron chi connectivity index (χ0n) is 16.2. The third kappa shape index (κ3) is 6.34. The third-order valence-electron chi connectivity index (χ3n) is 5.02. The van der Waals surface area contributed by atoms with E-state index in [4.69, 9.17) is 23.2 Å². The van der Waals surface area contributed by atoms with Crippen molar-refractivity contribution in [3.63, 3.8) is 0 Å². The van der Waals surface area contributed by atoms with E-state index in [9.17, 15) is 9.59 Å². The standard InChI is InChI=1S/C21H24Cl2N4O2/c1-13(28)26-20-9-7-17(12-25-20)24-11-14-2-5-16(6-3-14)27-21(29)18-10-15(22)4-8-19(18)23/h4,7-10,12,14,16,24H,2-3,5-6,11H2,1H3,(H,27,29)(H,25,26,28). The molecule has 2 amide bonds. The first-order chi connectivity index (χ1) is 13.9. The number of rotatable bonds is 6. The Morgan fingerprint density at radius 1 is 1.10 bits per heavy atom. The second-order valence-electron chi connectivity index (χ2n) is 7.31. The zero-order chi connectivity index (χ0) is 20.8. The highest BCUT2D eigenvalue weighted by Gasteiger charge is 2.23. The van der Waals surface area contributed by atoms with Crippen LogP contribution in [0.5, 0.6) is 0 Å². The quantitative estimate of drug-likeness (QED) is 0.612. The Morgan fingerprint density at radius 3 is 2.52 bits per heavy atom. The molecule has 6 nitrogen and oxygen atoms in total. The third-order valence-corrected chi connectivity index (χ3v) is 5.58. The van der Waals surface area contributed by atoms with Crippen molar-refractivity contribution >= 4 is 46.5 Å². The van der Waals surface area contributed by atoms with Crippen LogP contribution in [-0.2, 0) is 4.79 Å². The van der Waals surface area contributed by atoms with E-state index in [1.54, 1.807) is 30.5 Å². The number of carbonyl (C=O) groups is 2. The van der Waals surface area contributed by atoms with Gasteiger partial charge in [0.15, 0.2) is 0 Å². The average molecular weight is 435 g/mol. The first-order valence-electron chi connectivity index (χ1n) is 9.64. The summed E-state index contributed by atoms with van der Waals surface area (Å²) in [7, 11) is 0. The van der Waals surface area contributed by atoms with Gasteiger partial charge in [-0.15, -0.1) is 0 Å². The molecule has 1 fully saturated rings. The Kier molecular flexibility index (Phi) is 7.34. The number of hydrogen-bond acceptors (Lipinski definition) is 4. The van der Waals surface area contributed by atoms with E-state index in [0.717, 1.165) is 37.9 Å².